The molecule has 0 fully saturated rings. The normalized spacial score (nSPS) is 14.8. The molecule has 2 heteroatoms. The lowest BCUT2D eigenvalue weighted by Crippen LogP contribution is -2.09. The van der Waals surface area contributed by atoms with Crippen LogP contribution in [0.2, 0.25) is 0 Å². The van der Waals surface area contributed by atoms with Crippen molar-refractivity contribution in [3.05, 3.63) is 40.6 Å². The van der Waals surface area contributed by atoms with Crippen LogP contribution in [-0.2, 0) is 25.1 Å². The predicted octanol–water partition coefficient (Wildman–Crippen LogP) is 4.41. The van der Waals surface area contributed by atoms with E-state index in [-0.39, 0.29) is 0 Å². The maximum absolute atomic E-state index is 6.21. The summed E-state index contributed by atoms with van der Waals surface area (Å²) in [5.41, 5.74) is 6.52. The third-order valence-electron chi connectivity index (χ3n) is 3.99. The Hall–Kier alpha value is -1.08. The van der Waals surface area contributed by atoms with Crippen molar-refractivity contribution >= 4 is 22.5 Å². The van der Waals surface area contributed by atoms with Crippen LogP contribution in [0.4, 0.5) is 0 Å². The number of rotatable bonds is 2. The Bertz CT molecular complexity index is 589. The van der Waals surface area contributed by atoms with Crippen LogP contribution in [0.5, 0.6) is 0 Å². The zero-order valence-corrected chi connectivity index (χ0v) is 11.6. The molecule has 94 valence electrons. The van der Waals surface area contributed by atoms with E-state index in [2.05, 4.69) is 25.1 Å². The van der Waals surface area contributed by atoms with Gasteiger partial charge >= 0.3 is 0 Å². The second-order valence-corrected chi connectivity index (χ2v) is 5.33. The zero-order valence-electron chi connectivity index (χ0n) is 10.8. The molecule has 0 N–H and O–H groups in total. The highest BCUT2D eigenvalue weighted by Gasteiger charge is 2.17. The number of fused-ring (bicyclic) bond motifs is 2. The van der Waals surface area contributed by atoms with Gasteiger partial charge in [0.15, 0.2) is 0 Å². The number of hydrogen-bond acceptors (Lipinski definition) is 1. The van der Waals surface area contributed by atoms with Crippen LogP contribution in [-0.4, -0.2) is 4.98 Å². The molecule has 0 unspecified atom stereocenters. The summed E-state index contributed by atoms with van der Waals surface area (Å²) in [5, 5.41) is 1.27. The largest absolute Gasteiger partial charge is 0.253 e. The van der Waals surface area contributed by atoms with Gasteiger partial charge in [-0.3, -0.25) is 4.98 Å². The molecule has 1 aromatic heterocycles. The SMILES string of the molecule is CCc1ccc2nc3c(c(CCl)c2c1)CCCC3. The van der Waals surface area contributed by atoms with E-state index in [9.17, 15) is 0 Å². The summed E-state index contributed by atoms with van der Waals surface area (Å²) in [6.07, 6.45) is 5.87. The van der Waals surface area contributed by atoms with Crippen LogP contribution in [0.3, 0.4) is 0 Å². The van der Waals surface area contributed by atoms with Crippen LogP contribution in [0, 0.1) is 0 Å². The van der Waals surface area contributed by atoms with Crippen molar-refractivity contribution < 1.29 is 0 Å². The molecule has 18 heavy (non-hydrogen) atoms. The average Bonchev–Trinajstić information content (AvgIpc) is 2.44. The summed E-state index contributed by atoms with van der Waals surface area (Å²) >= 11 is 6.21. The molecule has 1 aliphatic carbocycles. The topological polar surface area (TPSA) is 12.9 Å². The summed E-state index contributed by atoms with van der Waals surface area (Å²) in [6.45, 7) is 2.19. The average molecular weight is 260 g/mol. The highest BCUT2D eigenvalue weighted by Crippen LogP contribution is 2.30. The number of hydrogen-bond donors (Lipinski definition) is 0. The van der Waals surface area contributed by atoms with Crippen molar-refractivity contribution in [1.29, 1.82) is 0 Å². The molecule has 1 aromatic carbocycles. The van der Waals surface area contributed by atoms with E-state index in [1.807, 2.05) is 0 Å². The van der Waals surface area contributed by atoms with E-state index in [0.29, 0.717) is 5.88 Å². The molecule has 2 aromatic rings. The highest BCUT2D eigenvalue weighted by atomic mass is 35.5. The van der Waals surface area contributed by atoms with Crippen molar-refractivity contribution in [2.75, 3.05) is 0 Å². The van der Waals surface area contributed by atoms with E-state index >= 15 is 0 Å². The number of aryl methyl sites for hydroxylation is 2. The molecule has 0 spiro atoms. The lowest BCUT2D eigenvalue weighted by Gasteiger charge is -2.20. The van der Waals surface area contributed by atoms with Gasteiger partial charge in [-0.05, 0) is 60.9 Å². The third kappa shape index (κ3) is 1.91. The molecule has 0 saturated heterocycles. The predicted molar refractivity (Wildman–Crippen MR) is 77.3 cm³/mol. The van der Waals surface area contributed by atoms with Gasteiger partial charge in [-0.1, -0.05) is 13.0 Å². The quantitative estimate of drug-likeness (QED) is 0.728. The van der Waals surface area contributed by atoms with E-state index in [0.717, 1.165) is 24.8 Å². The van der Waals surface area contributed by atoms with Crippen LogP contribution in [0.1, 0.15) is 42.1 Å². The van der Waals surface area contributed by atoms with Gasteiger partial charge < -0.3 is 0 Å². The van der Waals surface area contributed by atoms with Gasteiger partial charge in [-0.25, -0.2) is 0 Å². The van der Waals surface area contributed by atoms with Crippen LogP contribution < -0.4 is 0 Å². The van der Waals surface area contributed by atoms with Crippen molar-refractivity contribution in [2.45, 2.75) is 44.9 Å². The molecule has 0 saturated carbocycles. The Morgan fingerprint density at radius 1 is 1.22 bits per heavy atom. The zero-order chi connectivity index (χ0) is 12.5. The highest BCUT2D eigenvalue weighted by molar-refractivity contribution is 6.18. The van der Waals surface area contributed by atoms with Gasteiger partial charge in [-0.15, -0.1) is 11.6 Å². The van der Waals surface area contributed by atoms with Gasteiger partial charge in [0.25, 0.3) is 0 Å². The molecule has 3 rings (SSSR count). The lowest BCUT2D eigenvalue weighted by atomic mass is 9.90. The van der Waals surface area contributed by atoms with Gasteiger partial charge in [0.05, 0.1) is 5.52 Å². The Morgan fingerprint density at radius 3 is 2.83 bits per heavy atom. The summed E-state index contributed by atoms with van der Waals surface area (Å²) in [5.74, 6) is 0.606. The molecule has 0 aliphatic heterocycles. The minimum absolute atomic E-state index is 0.606. The maximum Gasteiger partial charge on any atom is 0.0708 e. The van der Waals surface area contributed by atoms with E-state index in [1.54, 1.807) is 0 Å². The first-order valence-electron chi connectivity index (χ1n) is 6.82. The van der Waals surface area contributed by atoms with Gasteiger partial charge in [0.1, 0.15) is 0 Å². The summed E-state index contributed by atoms with van der Waals surface area (Å²) in [6, 6.07) is 6.61. The fourth-order valence-electron chi connectivity index (χ4n) is 2.94. The Labute approximate surface area is 113 Å². The van der Waals surface area contributed by atoms with Crippen LogP contribution in [0.25, 0.3) is 10.9 Å². The minimum atomic E-state index is 0.606. The second kappa shape index (κ2) is 4.89. The molecule has 0 radical (unpaired) electrons. The fourth-order valence-corrected chi connectivity index (χ4v) is 3.25. The first-order valence-corrected chi connectivity index (χ1v) is 7.36. The molecule has 0 atom stereocenters. The fraction of sp³-hybridized carbons (Fsp3) is 0.438. The molecular weight excluding hydrogens is 242 g/mol. The van der Waals surface area contributed by atoms with E-state index < -0.39 is 0 Å². The second-order valence-electron chi connectivity index (χ2n) is 5.06. The van der Waals surface area contributed by atoms with Crippen molar-refractivity contribution in [3.63, 3.8) is 0 Å². The van der Waals surface area contributed by atoms with Crippen molar-refractivity contribution in [1.82, 2.24) is 4.98 Å². The first kappa shape index (κ1) is 12.0. The number of alkyl halides is 1. The molecule has 0 bridgehead atoms. The monoisotopic (exact) mass is 259 g/mol. The molecule has 0 amide bonds. The Morgan fingerprint density at radius 2 is 2.06 bits per heavy atom. The summed E-state index contributed by atoms with van der Waals surface area (Å²) < 4.78 is 0. The smallest absolute Gasteiger partial charge is 0.0708 e. The van der Waals surface area contributed by atoms with Crippen LogP contribution >= 0.6 is 11.6 Å². The van der Waals surface area contributed by atoms with Gasteiger partial charge in [0, 0.05) is 17.0 Å². The minimum Gasteiger partial charge on any atom is -0.253 e. The standard InChI is InChI=1S/C16H18ClN/c1-2-11-7-8-16-13(9-11)14(10-17)12-5-3-4-6-15(12)18-16/h7-9H,2-6,10H2,1H3. The number of halogens is 1. The lowest BCUT2D eigenvalue weighted by molar-refractivity contribution is 0.667. The van der Waals surface area contributed by atoms with E-state index in [1.165, 1.54) is 40.6 Å². The number of benzene rings is 1. The van der Waals surface area contributed by atoms with Crippen molar-refractivity contribution in [3.8, 4) is 0 Å². The van der Waals surface area contributed by atoms with E-state index in [4.69, 9.17) is 16.6 Å². The molecule has 1 aliphatic rings. The van der Waals surface area contributed by atoms with Gasteiger partial charge in [-0.2, -0.15) is 0 Å². The number of aromatic nitrogens is 1. The summed E-state index contributed by atoms with van der Waals surface area (Å²) in [4.78, 5) is 4.84. The summed E-state index contributed by atoms with van der Waals surface area (Å²) in [7, 11) is 0. The Balaban J connectivity index is 2.30. The van der Waals surface area contributed by atoms with Crippen molar-refractivity contribution in [2.24, 2.45) is 0 Å². The van der Waals surface area contributed by atoms with Crippen LogP contribution in [0.15, 0.2) is 18.2 Å². The molecule has 1 heterocycles. The first-order chi connectivity index (χ1) is 8.83. The number of nitrogens with zero attached hydrogens (tertiary/aromatic N) is 1. The molecule has 1 nitrogen and oxygen atoms in total. The molecular formula is C16H18ClN. The number of pyridine rings is 1. The Kier molecular flexibility index (Phi) is 3.25. The third-order valence-corrected chi connectivity index (χ3v) is 4.25. The maximum atomic E-state index is 6.21. The van der Waals surface area contributed by atoms with Gasteiger partial charge in [0.2, 0.25) is 0 Å².